The van der Waals surface area contributed by atoms with E-state index in [1.54, 1.807) is 0 Å². The summed E-state index contributed by atoms with van der Waals surface area (Å²) in [5.74, 6) is 0.853. The first kappa shape index (κ1) is 20.5. The summed E-state index contributed by atoms with van der Waals surface area (Å²) in [5.41, 5.74) is 3.60. The molecule has 0 bridgehead atoms. The Morgan fingerprint density at radius 2 is 1.37 bits per heavy atom. The van der Waals surface area contributed by atoms with E-state index in [9.17, 15) is 5.11 Å². The van der Waals surface area contributed by atoms with Crippen LogP contribution in [-0.4, -0.2) is 18.3 Å². The van der Waals surface area contributed by atoms with Gasteiger partial charge in [-0.25, -0.2) is 0 Å². The molecule has 0 saturated carbocycles. The fraction of sp³-hybridized carbons (Fsp3) is 0.333. The third kappa shape index (κ3) is 3.59. The topological polar surface area (TPSA) is 32.7 Å². The second-order valence-corrected chi connectivity index (χ2v) is 7.92. The molecule has 3 nitrogen and oxygen atoms in total. The Morgan fingerprint density at radius 3 is 1.93 bits per heavy atom. The largest absolute Gasteiger partial charge is 0.494 e. The standard InChI is InChI=1S/C27H31NO2/c1-3-5-6-11-20-30-22-18-16-21(17-19-22)27(29)23-12-7-9-14-25(23)28(4-2)26-15-10-8-13-24(26)27/h7-10,12-19,29H,3-6,11,20H2,1-2H3. The predicted octanol–water partition coefficient (Wildman–Crippen LogP) is 6.40. The number of hydrogen-bond donors (Lipinski definition) is 1. The zero-order valence-corrected chi connectivity index (χ0v) is 18.0. The molecule has 0 amide bonds. The minimum absolute atomic E-state index is 0.737. The van der Waals surface area contributed by atoms with E-state index in [1.165, 1.54) is 19.3 Å². The van der Waals surface area contributed by atoms with Crippen molar-refractivity contribution in [2.24, 2.45) is 0 Å². The van der Waals surface area contributed by atoms with Gasteiger partial charge < -0.3 is 14.7 Å². The molecule has 0 aliphatic carbocycles. The molecular weight excluding hydrogens is 370 g/mol. The number of aliphatic hydroxyl groups is 1. The number of nitrogens with zero attached hydrogens (tertiary/aromatic N) is 1. The third-order valence-electron chi connectivity index (χ3n) is 6.02. The summed E-state index contributed by atoms with van der Waals surface area (Å²) >= 11 is 0. The molecule has 1 aliphatic heterocycles. The van der Waals surface area contributed by atoms with Crippen LogP contribution >= 0.6 is 0 Å². The summed E-state index contributed by atoms with van der Waals surface area (Å²) in [7, 11) is 0. The minimum atomic E-state index is -1.20. The molecule has 3 aromatic carbocycles. The van der Waals surface area contributed by atoms with Gasteiger partial charge in [0.25, 0.3) is 0 Å². The normalized spacial score (nSPS) is 14.2. The van der Waals surface area contributed by atoms with Crippen LogP contribution in [0.3, 0.4) is 0 Å². The van der Waals surface area contributed by atoms with E-state index in [0.717, 1.165) is 53.4 Å². The van der Waals surface area contributed by atoms with Crippen LogP contribution < -0.4 is 9.64 Å². The molecule has 0 saturated heterocycles. The predicted molar refractivity (Wildman–Crippen MR) is 124 cm³/mol. The van der Waals surface area contributed by atoms with Crippen LogP contribution in [0.4, 0.5) is 11.4 Å². The van der Waals surface area contributed by atoms with Gasteiger partial charge in [0.15, 0.2) is 0 Å². The van der Waals surface area contributed by atoms with Crippen molar-refractivity contribution in [1.29, 1.82) is 0 Å². The molecule has 1 heterocycles. The van der Waals surface area contributed by atoms with Crippen molar-refractivity contribution in [3.63, 3.8) is 0 Å². The number of benzene rings is 3. The first-order valence-electron chi connectivity index (χ1n) is 11.1. The molecule has 0 unspecified atom stereocenters. The number of rotatable bonds is 8. The maximum absolute atomic E-state index is 12.2. The van der Waals surface area contributed by atoms with E-state index in [0.29, 0.717) is 0 Å². The summed E-state index contributed by atoms with van der Waals surface area (Å²) in [4.78, 5) is 2.27. The molecule has 0 aromatic heterocycles. The molecule has 0 radical (unpaired) electrons. The molecule has 1 N–H and O–H groups in total. The lowest BCUT2D eigenvalue weighted by atomic mass is 9.76. The first-order chi connectivity index (χ1) is 14.7. The minimum Gasteiger partial charge on any atom is -0.494 e. The summed E-state index contributed by atoms with van der Waals surface area (Å²) in [6.07, 6.45) is 4.76. The van der Waals surface area contributed by atoms with Crippen molar-refractivity contribution in [1.82, 2.24) is 0 Å². The molecule has 0 atom stereocenters. The fourth-order valence-electron chi connectivity index (χ4n) is 4.47. The summed E-state index contributed by atoms with van der Waals surface area (Å²) in [5, 5.41) is 12.2. The van der Waals surface area contributed by atoms with E-state index in [2.05, 4.69) is 30.9 Å². The van der Waals surface area contributed by atoms with Gasteiger partial charge in [-0.3, -0.25) is 0 Å². The Morgan fingerprint density at radius 1 is 0.767 bits per heavy atom. The molecule has 3 aromatic rings. The van der Waals surface area contributed by atoms with Crippen molar-refractivity contribution < 1.29 is 9.84 Å². The highest BCUT2D eigenvalue weighted by atomic mass is 16.5. The van der Waals surface area contributed by atoms with Gasteiger partial charge in [-0.1, -0.05) is 74.7 Å². The maximum Gasteiger partial charge on any atom is 0.144 e. The quantitative estimate of drug-likeness (QED) is 0.443. The average molecular weight is 402 g/mol. The van der Waals surface area contributed by atoms with E-state index < -0.39 is 5.60 Å². The Balaban J connectivity index is 1.68. The monoisotopic (exact) mass is 401 g/mol. The van der Waals surface area contributed by atoms with Crippen LogP contribution in [0.15, 0.2) is 72.8 Å². The Bertz CT molecular complexity index is 933. The van der Waals surface area contributed by atoms with E-state index in [-0.39, 0.29) is 0 Å². The molecule has 0 fully saturated rings. The second kappa shape index (κ2) is 8.93. The van der Waals surface area contributed by atoms with Gasteiger partial charge >= 0.3 is 0 Å². The van der Waals surface area contributed by atoms with Crippen LogP contribution in [0.2, 0.25) is 0 Å². The molecule has 3 heteroatoms. The molecule has 1 aliphatic rings. The highest BCUT2D eigenvalue weighted by molar-refractivity contribution is 5.79. The summed E-state index contributed by atoms with van der Waals surface area (Å²) in [6.45, 7) is 5.94. The summed E-state index contributed by atoms with van der Waals surface area (Å²) in [6, 6.07) is 24.3. The van der Waals surface area contributed by atoms with Crippen molar-refractivity contribution in [2.45, 2.75) is 45.1 Å². The van der Waals surface area contributed by atoms with E-state index in [1.807, 2.05) is 60.7 Å². The Kier molecular flexibility index (Phi) is 6.10. The van der Waals surface area contributed by atoms with Crippen LogP contribution in [0, 0.1) is 0 Å². The zero-order chi connectivity index (χ0) is 21.0. The zero-order valence-electron chi connectivity index (χ0n) is 18.0. The van der Waals surface area contributed by atoms with Crippen LogP contribution in [0.5, 0.6) is 5.75 Å². The molecule has 156 valence electrons. The Hall–Kier alpha value is -2.78. The lowest BCUT2D eigenvalue weighted by molar-refractivity contribution is 0.124. The lowest BCUT2D eigenvalue weighted by Crippen LogP contribution is -2.37. The number of fused-ring (bicyclic) bond motifs is 2. The molecule has 4 rings (SSSR count). The molecule has 30 heavy (non-hydrogen) atoms. The number of unbranched alkanes of at least 4 members (excludes halogenated alkanes) is 3. The van der Waals surface area contributed by atoms with Gasteiger partial charge in [-0.2, -0.15) is 0 Å². The number of anilines is 2. The maximum atomic E-state index is 12.2. The van der Waals surface area contributed by atoms with Gasteiger partial charge in [-0.05, 0) is 43.2 Å². The van der Waals surface area contributed by atoms with Gasteiger partial charge in [0.05, 0.1) is 6.61 Å². The highest BCUT2D eigenvalue weighted by Gasteiger charge is 2.42. The van der Waals surface area contributed by atoms with Gasteiger partial charge in [0.1, 0.15) is 11.4 Å². The lowest BCUT2D eigenvalue weighted by Gasteiger charge is -2.42. The van der Waals surface area contributed by atoms with Crippen molar-refractivity contribution in [3.05, 3.63) is 89.5 Å². The molecule has 0 spiro atoms. The van der Waals surface area contributed by atoms with Crippen molar-refractivity contribution in [2.75, 3.05) is 18.1 Å². The smallest absolute Gasteiger partial charge is 0.144 e. The van der Waals surface area contributed by atoms with E-state index in [4.69, 9.17) is 4.74 Å². The van der Waals surface area contributed by atoms with Crippen LogP contribution in [-0.2, 0) is 5.60 Å². The van der Waals surface area contributed by atoms with Crippen LogP contribution in [0.1, 0.15) is 56.2 Å². The third-order valence-corrected chi connectivity index (χ3v) is 6.02. The van der Waals surface area contributed by atoms with Crippen molar-refractivity contribution in [3.8, 4) is 5.75 Å². The SMILES string of the molecule is CCCCCCOc1ccc(C2(O)c3ccccc3N(CC)c3ccccc32)cc1. The van der Waals surface area contributed by atoms with Gasteiger partial charge in [0, 0.05) is 29.0 Å². The second-order valence-electron chi connectivity index (χ2n) is 7.92. The molecular formula is C27H31NO2. The van der Waals surface area contributed by atoms with Crippen molar-refractivity contribution >= 4 is 11.4 Å². The Labute approximate surface area is 179 Å². The van der Waals surface area contributed by atoms with Gasteiger partial charge in [0.2, 0.25) is 0 Å². The highest BCUT2D eigenvalue weighted by Crippen LogP contribution is 2.50. The van der Waals surface area contributed by atoms with Crippen LogP contribution in [0.25, 0.3) is 0 Å². The summed E-state index contributed by atoms with van der Waals surface area (Å²) < 4.78 is 5.91. The number of hydrogen-bond acceptors (Lipinski definition) is 3. The van der Waals surface area contributed by atoms with Gasteiger partial charge in [-0.15, -0.1) is 0 Å². The number of para-hydroxylation sites is 2. The number of ether oxygens (including phenoxy) is 1. The average Bonchev–Trinajstić information content (AvgIpc) is 2.80. The first-order valence-corrected chi connectivity index (χ1v) is 11.1. The fourth-order valence-corrected chi connectivity index (χ4v) is 4.47. The van der Waals surface area contributed by atoms with E-state index >= 15 is 0 Å².